The van der Waals surface area contributed by atoms with Gasteiger partial charge in [-0.2, -0.15) is 0 Å². The third-order valence-corrected chi connectivity index (χ3v) is 3.32. The second-order valence-corrected chi connectivity index (χ2v) is 5.28. The number of hydrogen-bond donors (Lipinski definition) is 2. The summed E-state index contributed by atoms with van der Waals surface area (Å²) in [5.74, 6) is -0.396. The summed E-state index contributed by atoms with van der Waals surface area (Å²) < 4.78 is 4.47. The van der Waals surface area contributed by atoms with Crippen LogP contribution in [-0.4, -0.2) is 33.7 Å². The molecule has 0 aliphatic rings. The maximum absolute atomic E-state index is 11.9. The van der Waals surface area contributed by atoms with Crippen molar-refractivity contribution in [1.29, 1.82) is 0 Å². The Kier molecular flexibility index (Phi) is 5.12. The summed E-state index contributed by atoms with van der Waals surface area (Å²) in [6.45, 7) is 3.77. The number of carbonyl (C=O) groups excluding carboxylic acids is 1. The lowest BCUT2D eigenvalue weighted by molar-refractivity contribution is -0.384. The predicted molar refractivity (Wildman–Crippen MR) is 82.6 cm³/mol. The van der Waals surface area contributed by atoms with E-state index in [4.69, 9.17) is 11.6 Å². The zero-order valence-electron chi connectivity index (χ0n) is 12.4. The van der Waals surface area contributed by atoms with Crippen molar-refractivity contribution in [1.82, 2.24) is 15.6 Å². The number of amides is 1. The smallest absolute Gasteiger partial charge is 0.275 e. The van der Waals surface area contributed by atoms with Crippen LogP contribution >= 0.6 is 11.6 Å². The van der Waals surface area contributed by atoms with Crippen molar-refractivity contribution in [3.8, 4) is 0 Å². The summed E-state index contributed by atoms with van der Waals surface area (Å²) in [7, 11) is 0. The Bertz CT molecular complexity index is 733. The van der Waals surface area contributed by atoms with E-state index >= 15 is 0 Å². The maximum Gasteiger partial charge on any atom is 0.275 e. The van der Waals surface area contributed by atoms with Gasteiger partial charge in [-0.3, -0.25) is 14.9 Å². The van der Waals surface area contributed by atoms with Crippen LogP contribution < -0.4 is 10.6 Å². The van der Waals surface area contributed by atoms with Gasteiger partial charge in [0.1, 0.15) is 5.69 Å². The summed E-state index contributed by atoms with van der Waals surface area (Å²) in [4.78, 5) is 22.1. The molecule has 0 bridgehead atoms. The number of aryl methyl sites for hydroxylation is 1. The van der Waals surface area contributed by atoms with E-state index in [1.165, 1.54) is 18.2 Å². The van der Waals surface area contributed by atoms with Gasteiger partial charge in [0.05, 0.1) is 15.6 Å². The van der Waals surface area contributed by atoms with Gasteiger partial charge in [-0.05, 0) is 25.1 Å². The predicted octanol–water partition coefficient (Wildman–Crippen LogP) is 2.17. The number of benzene rings is 1. The van der Waals surface area contributed by atoms with Crippen molar-refractivity contribution in [2.75, 3.05) is 11.9 Å². The molecule has 0 spiro atoms. The Morgan fingerprint density at radius 3 is 2.78 bits per heavy atom. The minimum Gasteiger partial charge on any atom is -0.382 e. The van der Waals surface area contributed by atoms with E-state index in [-0.39, 0.29) is 22.4 Å². The quantitative estimate of drug-likeness (QED) is 0.610. The first-order valence-corrected chi connectivity index (χ1v) is 7.04. The number of halogens is 1. The van der Waals surface area contributed by atoms with Gasteiger partial charge in [-0.25, -0.2) is 4.63 Å². The third kappa shape index (κ3) is 4.16. The van der Waals surface area contributed by atoms with E-state index in [2.05, 4.69) is 25.6 Å². The fraction of sp³-hybridized carbons (Fsp3) is 0.308. The molecule has 1 aromatic heterocycles. The highest BCUT2D eigenvalue weighted by Gasteiger charge is 2.17. The number of nitro benzene ring substituents is 1. The van der Waals surface area contributed by atoms with Crippen molar-refractivity contribution in [3.05, 3.63) is 44.7 Å². The number of aromatic nitrogens is 2. The van der Waals surface area contributed by atoms with Crippen LogP contribution in [0.1, 0.15) is 23.1 Å². The normalized spacial score (nSPS) is 11.8. The Hall–Kier alpha value is -2.68. The molecule has 0 aliphatic heterocycles. The molecule has 0 saturated heterocycles. The number of hydrogen-bond acceptors (Lipinski definition) is 7. The van der Waals surface area contributed by atoms with Crippen LogP contribution in [-0.2, 0) is 0 Å². The topological polar surface area (TPSA) is 123 Å². The van der Waals surface area contributed by atoms with Crippen LogP contribution in [0.5, 0.6) is 0 Å². The summed E-state index contributed by atoms with van der Waals surface area (Å²) in [6, 6.07) is 3.88. The number of nitrogens with zero attached hydrogens (tertiary/aromatic N) is 3. The third-order valence-electron chi connectivity index (χ3n) is 3.01. The first kappa shape index (κ1) is 16.7. The molecule has 1 atom stereocenters. The van der Waals surface area contributed by atoms with Crippen molar-refractivity contribution in [3.63, 3.8) is 0 Å². The van der Waals surface area contributed by atoms with Crippen molar-refractivity contribution >= 4 is 28.9 Å². The van der Waals surface area contributed by atoms with E-state index in [0.29, 0.717) is 17.9 Å². The molecule has 0 aliphatic carbocycles. The Morgan fingerprint density at radius 2 is 2.22 bits per heavy atom. The number of nitrogens with one attached hydrogen (secondary N) is 2. The van der Waals surface area contributed by atoms with E-state index in [1.54, 1.807) is 13.8 Å². The highest BCUT2D eigenvalue weighted by Crippen LogP contribution is 2.26. The van der Waals surface area contributed by atoms with Crippen LogP contribution in [0.4, 0.5) is 11.4 Å². The molecule has 122 valence electrons. The van der Waals surface area contributed by atoms with E-state index in [1.807, 2.05) is 0 Å². The molecule has 2 rings (SSSR count). The molecule has 9 nitrogen and oxygen atoms in total. The van der Waals surface area contributed by atoms with E-state index in [0.717, 1.165) is 0 Å². The second kappa shape index (κ2) is 7.05. The fourth-order valence-corrected chi connectivity index (χ4v) is 2.05. The Morgan fingerprint density at radius 1 is 1.48 bits per heavy atom. The monoisotopic (exact) mass is 339 g/mol. The summed E-state index contributed by atoms with van der Waals surface area (Å²) in [6.07, 6.45) is 0. The van der Waals surface area contributed by atoms with Crippen LogP contribution in [0.3, 0.4) is 0 Å². The van der Waals surface area contributed by atoms with Gasteiger partial charge >= 0.3 is 0 Å². The molecule has 1 heterocycles. The molecule has 10 heteroatoms. The Labute approximate surface area is 136 Å². The number of carbonyl (C=O) groups is 1. The molecule has 0 saturated carbocycles. The maximum atomic E-state index is 11.9. The molecular weight excluding hydrogens is 326 g/mol. The van der Waals surface area contributed by atoms with Gasteiger partial charge in [0.2, 0.25) is 0 Å². The lowest BCUT2D eigenvalue weighted by atomic mass is 10.2. The zero-order chi connectivity index (χ0) is 17.0. The van der Waals surface area contributed by atoms with E-state index < -0.39 is 10.8 Å². The SMILES string of the molecule is Cc1nonc1C(=O)NC(C)CNc1ccc([N+](=O)[O-])cc1Cl. The summed E-state index contributed by atoms with van der Waals surface area (Å²) in [5, 5.41) is 23.7. The number of non-ortho nitro benzene ring substituents is 1. The summed E-state index contributed by atoms with van der Waals surface area (Å²) in [5.41, 5.74) is 0.986. The lowest BCUT2D eigenvalue weighted by Crippen LogP contribution is -2.37. The number of nitro groups is 1. The molecule has 1 aromatic carbocycles. The van der Waals surface area contributed by atoms with Crippen molar-refractivity contribution in [2.45, 2.75) is 19.9 Å². The lowest BCUT2D eigenvalue weighted by Gasteiger charge is -2.15. The molecule has 0 fully saturated rings. The average Bonchev–Trinajstić information content (AvgIpc) is 2.92. The second-order valence-electron chi connectivity index (χ2n) is 4.87. The molecule has 0 radical (unpaired) electrons. The summed E-state index contributed by atoms with van der Waals surface area (Å²) >= 11 is 5.98. The van der Waals surface area contributed by atoms with E-state index in [9.17, 15) is 14.9 Å². The van der Waals surface area contributed by atoms with Crippen molar-refractivity contribution < 1.29 is 14.3 Å². The molecule has 23 heavy (non-hydrogen) atoms. The Balaban J connectivity index is 1.92. The highest BCUT2D eigenvalue weighted by atomic mass is 35.5. The van der Waals surface area contributed by atoms with Gasteiger partial charge in [0.25, 0.3) is 11.6 Å². The standard InChI is InChI=1S/C13H14ClN5O4/c1-7(16-13(20)12-8(2)17-23-18-12)6-15-11-4-3-9(19(21)22)5-10(11)14/h3-5,7,15H,6H2,1-2H3,(H,16,20). The first-order valence-electron chi connectivity index (χ1n) is 6.66. The molecule has 1 unspecified atom stereocenters. The number of rotatable bonds is 6. The zero-order valence-corrected chi connectivity index (χ0v) is 13.1. The van der Waals surface area contributed by atoms with Crippen LogP contribution in [0.15, 0.2) is 22.8 Å². The van der Waals surface area contributed by atoms with Crippen LogP contribution in [0.25, 0.3) is 0 Å². The van der Waals surface area contributed by atoms with Gasteiger partial charge in [0.15, 0.2) is 5.69 Å². The van der Waals surface area contributed by atoms with Crippen LogP contribution in [0, 0.1) is 17.0 Å². The first-order chi connectivity index (χ1) is 10.9. The minimum atomic E-state index is -0.521. The van der Waals surface area contributed by atoms with Crippen LogP contribution in [0.2, 0.25) is 5.02 Å². The molecule has 1 amide bonds. The van der Waals surface area contributed by atoms with Gasteiger partial charge < -0.3 is 10.6 Å². The molecule has 2 aromatic rings. The largest absolute Gasteiger partial charge is 0.382 e. The molecular formula is C13H14ClN5O4. The number of anilines is 1. The van der Waals surface area contributed by atoms with Crippen molar-refractivity contribution in [2.24, 2.45) is 0 Å². The van der Waals surface area contributed by atoms with Gasteiger partial charge in [-0.15, -0.1) is 0 Å². The average molecular weight is 340 g/mol. The minimum absolute atomic E-state index is 0.0871. The van der Waals surface area contributed by atoms with Gasteiger partial charge in [0, 0.05) is 24.7 Å². The molecule has 2 N–H and O–H groups in total. The van der Waals surface area contributed by atoms with Gasteiger partial charge in [-0.1, -0.05) is 16.8 Å². The highest BCUT2D eigenvalue weighted by molar-refractivity contribution is 6.33. The fourth-order valence-electron chi connectivity index (χ4n) is 1.80.